The Balaban J connectivity index is 1.40. The highest BCUT2D eigenvalue weighted by molar-refractivity contribution is 5.94. The van der Waals surface area contributed by atoms with E-state index < -0.39 is 0 Å². The molecule has 7 nitrogen and oxygen atoms in total. The largest absolute Gasteiger partial charge is 0.379 e. The number of rotatable bonds is 3. The van der Waals surface area contributed by atoms with E-state index in [2.05, 4.69) is 20.4 Å². The number of anilines is 1. The molecular weight excluding hydrogens is 328 g/mol. The van der Waals surface area contributed by atoms with Crippen molar-refractivity contribution < 1.29 is 4.79 Å². The SMILES string of the molecule is Cc1ccc(C(=O)N2CCC(Nc3cccn4nc(C)nc34)CC2)cn1. The van der Waals surface area contributed by atoms with Crippen LogP contribution in [0.5, 0.6) is 0 Å². The first kappa shape index (κ1) is 16.5. The molecule has 0 aliphatic carbocycles. The molecule has 0 radical (unpaired) electrons. The van der Waals surface area contributed by atoms with E-state index in [0.717, 1.165) is 48.8 Å². The van der Waals surface area contributed by atoms with Crippen LogP contribution in [0.25, 0.3) is 5.65 Å². The summed E-state index contributed by atoms with van der Waals surface area (Å²) in [4.78, 5) is 23.2. The third-order valence-electron chi connectivity index (χ3n) is 4.77. The van der Waals surface area contributed by atoms with Gasteiger partial charge in [0.05, 0.1) is 11.3 Å². The van der Waals surface area contributed by atoms with Gasteiger partial charge in [0.15, 0.2) is 5.65 Å². The number of nitrogens with one attached hydrogen (secondary N) is 1. The van der Waals surface area contributed by atoms with E-state index in [9.17, 15) is 4.79 Å². The summed E-state index contributed by atoms with van der Waals surface area (Å²) in [6, 6.07) is 8.04. The van der Waals surface area contributed by atoms with Gasteiger partial charge in [-0.15, -0.1) is 0 Å². The van der Waals surface area contributed by atoms with Crippen molar-refractivity contribution >= 4 is 17.2 Å². The van der Waals surface area contributed by atoms with Gasteiger partial charge in [0.25, 0.3) is 5.91 Å². The van der Waals surface area contributed by atoms with Gasteiger partial charge in [0.2, 0.25) is 0 Å². The van der Waals surface area contributed by atoms with E-state index in [1.807, 2.05) is 49.2 Å². The molecular formula is C19H22N6O. The minimum atomic E-state index is 0.0612. The molecule has 0 atom stereocenters. The highest BCUT2D eigenvalue weighted by atomic mass is 16.2. The molecule has 1 N–H and O–H groups in total. The smallest absolute Gasteiger partial charge is 0.255 e. The Labute approximate surface area is 152 Å². The van der Waals surface area contributed by atoms with Crippen molar-refractivity contribution in [2.75, 3.05) is 18.4 Å². The third kappa shape index (κ3) is 3.24. The van der Waals surface area contributed by atoms with Gasteiger partial charge in [-0.05, 0) is 51.0 Å². The number of amides is 1. The van der Waals surface area contributed by atoms with Crippen LogP contribution >= 0.6 is 0 Å². The molecule has 1 aliphatic rings. The summed E-state index contributed by atoms with van der Waals surface area (Å²) in [5.74, 6) is 0.817. The Kier molecular flexibility index (Phi) is 4.28. The Morgan fingerprint density at radius 2 is 2.00 bits per heavy atom. The standard InChI is InChI=1S/C19H22N6O/c1-13-5-6-15(12-20-13)19(26)24-10-7-16(8-11-24)22-17-4-3-9-25-18(17)21-14(2)23-25/h3-6,9,12,16,22H,7-8,10-11H2,1-2H3. The molecule has 7 heteroatoms. The van der Waals surface area contributed by atoms with Crippen molar-refractivity contribution in [3.63, 3.8) is 0 Å². The molecule has 1 aliphatic heterocycles. The summed E-state index contributed by atoms with van der Waals surface area (Å²) in [5.41, 5.74) is 3.41. The number of aromatic nitrogens is 4. The molecule has 0 spiro atoms. The normalized spacial score (nSPS) is 15.4. The van der Waals surface area contributed by atoms with Crippen LogP contribution in [0.2, 0.25) is 0 Å². The minimum Gasteiger partial charge on any atom is -0.379 e. The highest BCUT2D eigenvalue weighted by Crippen LogP contribution is 2.21. The second kappa shape index (κ2) is 6.74. The van der Waals surface area contributed by atoms with Crippen molar-refractivity contribution in [2.45, 2.75) is 32.7 Å². The Morgan fingerprint density at radius 3 is 2.73 bits per heavy atom. The number of carbonyl (C=O) groups is 1. The Morgan fingerprint density at radius 1 is 1.19 bits per heavy atom. The zero-order valence-electron chi connectivity index (χ0n) is 15.0. The maximum absolute atomic E-state index is 12.6. The second-order valence-electron chi connectivity index (χ2n) is 6.75. The summed E-state index contributed by atoms with van der Waals surface area (Å²) < 4.78 is 1.79. The number of aryl methyl sites for hydroxylation is 2. The second-order valence-corrected chi connectivity index (χ2v) is 6.75. The van der Waals surface area contributed by atoms with E-state index in [-0.39, 0.29) is 5.91 Å². The zero-order valence-corrected chi connectivity index (χ0v) is 15.0. The first-order valence-electron chi connectivity index (χ1n) is 8.90. The molecule has 4 rings (SSSR count). The first-order chi connectivity index (χ1) is 12.6. The quantitative estimate of drug-likeness (QED) is 0.785. The minimum absolute atomic E-state index is 0.0612. The van der Waals surface area contributed by atoms with Crippen LogP contribution in [0.3, 0.4) is 0 Å². The van der Waals surface area contributed by atoms with Crippen molar-refractivity contribution in [3.8, 4) is 0 Å². The molecule has 3 aromatic heterocycles. The van der Waals surface area contributed by atoms with E-state index in [1.165, 1.54) is 0 Å². The monoisotopic (exact) mass is 350 g/mol. The number of fused-ring (bicyclic) bond motifs is 1. The van der Waals surface area contributed by atoms with Gasteiger partial charge < -0.3 is 10.2 Å². The molecule has 1 amide bonds. The number of piperidine rings is 1. The number of nitrogens with zero attached hydrogens (tertiary/aromatic N) is 5. The summed E-state index contributed by atoms with van der Waals surface area (Å²) >= 11 is 0. The van der Waals surface area contributed by atoms with E-state index >= 15 is 0 Å². The van der Waals surface area contributed by atoms with Gasteiger partial charge in [-0.2, -0.15) is 5.10 Å². The summed E-state index contributed by atoms with van der Waals surface area (Å²) in [7, 11) is 0. The van der Waals surface area contributed by atoms with Crippen LogP contribution in [0, 0.1) is 13.8 Å². The Bertz CT molecular complexity index is 925. The molecule has 4 heterocycles. The average Bonchev–Trinajstić information content (AvgIpc) is 3.04. The lowest BCUT2D eigenvalue weighted by Gasteiger charge is -2.33. The average molecular weight is 350 g/mol. The first-order valence-corrected chi connectivity index (χ1v) is 8.90. The van der Waals surface area contributed by atoms with Crippen molar-refractivity contribution in [2.24, 2.45) is 0 Å². The molecule has 1 fully saturated rings. The lowest BCUT2D eigenvalue weighted by Crippen LogP contribution is -2.42. The molecule has 0 saturated carbocycles. The number of hydrogen-bond acceptors (Lipinski definition) is 5. The highest BCUT2D eigenvalue weighted by Gasteiger charge is 2.24. The zero-order chi connectivity index (χ0) is 18.1. The van der Waals surface area contributed by atoms with Gasteiger partial charge in [0.1, 0.15) is 5.82 Å². The molecule has 0 aromatic carbocycles. The molecule has 0 unspecified atom stereocenters. The predicted octanol–water partition coefficient (Wildman–Crippen LogP) is 2.46. The molecule has 1 saturated heterocycles. The van der Waals surface area contributed by atoms with Crippen LogP contribution in [-0.2, 0) is 0 Å². The fraction of sp³-hybridized carbons (Fsp3) is 0.368. The number of pyridine rings is 2. The third-order valence-corrected chi connectivity index (χ3v) is 4.77. The molecule has 3 aromatic rings. The lowest BCUT2D eigenvalue weighted by molar-refractivity contribution is 0.0718. The van der Waals surface area contributed by atoms with E-state index in [1.54, 1.807) is 10.7 Å². The van der Waals surface area contributed by atoms with Crippen molar-refractivity contribution in [1.82, 2.24) is 24.5 Å². The van der Waals surface area contributed by atoms with Crippen LogP contribution in [0.4, 0.5) is 5.69 Å². The Hall–Kier alpha value is -2.96. The summed E-state index contributed by atoms with van der Waals surface area (Å²) in [6.45, 7) is 5.28. The predicted molar refractivity (Wildman–Crippen MR) is 99.2 cm³/mol. The fourth-order valence-electron chi connectivity index (χ4n) is 3.35. The van der Waals surface area contributed by atoms with Gasteiger partial charge in [-0.1, -0.05) is 0 Å². The molecule has 0 bridgehead atoms. The topological polar surface area (TPSA) is 75.4 Å². The molecule has 134 valence electrons. The summed E-state index contributed by atoms with van der Waals surface area (Å²) in [5, 5.41) is 7.92. The number of carbonyl (C=O) groups excluding carboxylic acids is 1. The van der Waals surface area contributed by atoms with Crippen LogP contribution < -0.4 is 5.32 Å². The lowest BCUT2D eigenvalue weighted by atomic mass is 10.0. The van der Waals surface area contributed by atoms with Crippen LogP contribution in [-0.4, -0.2) is 49.5 Å². The van der Waals surface area contributed by atoms with Gasteiger partial charge in [0, 0.05) is 37.2 Å². The maximum Gasteiger partial charge on any atom is 0.255 e. The number of hydrogen-bond donors (Lipinski definition) is 1. The van der Waals surface area contributed by atoms with Crippen molar-refractivity contribution in [3.05, 3.63) is 53.7 Å². The van der Waals surface area contributed by atoms with Gasteiger partial charge >= 0.3 is 0 Å². The van der Waals surface area contributed by atoms with Gasteiger partial charge in [-0.3, -0.25) is 9.78 Å². The van der Waals surface area contributed by atoms with E-state index in [0.29, 0.717) is 11.6 Å². The number of likely N-dealkylation sites (tertiary alicyclic amines) is 1. The summed E-state index contributed by atoms with van der Waals surface area (Å²) in [6.07, 6.45) is 5.37. The van der Waals surface area contributed by atoms with Crippen molar-refractivity contribution in [1.29, 1.82) is 0 Å². The molecule has 26 heavy (non-hydrogen) atoms. The van der Waals surface area contributed by atoms with Crippen LogP contribution in [0.15, 0.2) is 36.7 Å². The van der Waals surface area contributed by atoms with E-state index in [4.69, 9.17) is 0 Å². The van der Waals surface area contributed by atoms with Gasteiger partial charge in [-0.25, -0.2) is 9.50 Å². The van der Waals surface area contributed by atoms with Crippen LogP contribution in [0.1, 0.15) is 34.7 Å². The maximum atomic E-state index is 12.6. The fourth-order valence-corrected chi connectivity index (χ4v) is 3.35.